The van der Waals surface area contributed by atoms with Crippen LogP contribution in [0.1, 0.15) is 18.4 Å². The Bertz CT molecular complexity index is 422. The van der Waals surface area contributed by atoms with Crippen molar-refractivity contribution in [3.63, 3.8) is 0 Å². The van der Waals surface area contributed by atoms with Gasteiger partial charge in [-0.2, -0.15) is 0 Å². The number of amides is 1. The van der Waals surface area contributed by atoms with Crippen molar-refractivity contribution in [2.24, 2.45) is 5.73 Å². The second-order valence-electron chi connectivity index (χ2n) is 4.53. The van der Waals surface area contributed by atoms with Crippen molar-refractivity contribution in [2.45, 2.75) is 19.3 Å². The zero-order chi connectivity index (χ0) is 14.3. The predicted molar refractivity (Wildman–Crippen MR) is 77.6 cm³/mol. The van der Waals surface area contributed by atoms with Crippen LogP contribution in [0, 0.1) is 0 Å². The molecule has 0 spiro atoms. The highest BCUT2D eigenvalue weighted by Crippen LogP contribution is 2.23. The van der Waals surface area contributed by atoms with Gasteiger partial charge < -0.3 is 15.4 Å². The molecule has 1 aromatic rings. The molecule has 0 fully saturated rings. The van der Waals surface area contributed by atoms with Gasteiger partial charge in [-0.1, -0.05) is 11.6 Å². The second kappa shape index (κ2) is 8.02. The largest absolute Gasteiger partial charge is 0.493 e. The molecule has 0 atom stereocenters. The number of rotatable bonds is 7. The number of carbonyl (C=O) groups excluding carboxylic acids is 1. The highest BCUT2D eigenvalue weighted by Gasteiger charge is 2.06. The van der Waals surface area contributed by atoms with Gasteiger partial charge in [0.05, 0.1) is 6.61 Å². The quantitative estimate of drug-likeness (QED) is 0.780. The first-order valence-corrected chi connectivity index (χ1v) is 6.74. The molecule has 0 unspecified atom stereocenters. The first-order chi connectivity index (χ1) is 9.04. The van der Waals surface area contributed by atoms with Gasteiger partial charge in [-0.15, -0.1) is 0 Å². The van der Waals surface area contributed by atoms with E-state index in [0.29, 0.717) is 31.0 Å². The zero-order valence-corrected chi connectivity index (χ0v) is 12.2. The maximum atomic E-state index is 11.4. The number of carbonyl (C=O) groups is 1. The van der Waals surface area contributed by atoms with Crippen LogP contribution in [0.15, 0.2) is 18.2 Å². The van der Waals surface area contributed by atoms with E-state index in [4.69, 9.17) is 22.1 Å². The van der Waals surface area contributed by atoms with Crippen molar-refractivity contribution in [3.05, 3.63) is 28.8 Å². The second-order valence-corrected chi connectivity index (χ2v) is 4.97. The minimum absolute atomic E-state index is 0.113. The molecule has 5 heteroatoms. The number of benzene rings is 1. The van der Waals surface area contributed by atoms with Gasteiger partial charge >= 0.3 is 0 Å². The van der Waals surface area contributed by atoms with Crippen LogP contribution in [0.25, 0.3) is 0 Å². The summed E-state index contributed by atoms with van der Waals surface area (Å²) >= 11 is 5.94. The molecule has 2 N–H and O–H groups in total. The van der Waals surface area contributed by atoms with Crippen molar-refractivity contribution < 1.29 is 9.53 Å². The lowest BCUT2D eigenvalue weighted by Crippen LogP contribution is -2.21. The zero-order valence-electron chi connectivity index (χ0n) is 11.5. The summed E-state index contributed by atoms with van der Waals surface area (Å²) < 4.78 is 5.69. The SMILES string of the molecule is CN(C)C(=O)CCCOc1ccc(Cl)cc1CCN. The summed E-state index contributed by atoms with van der Waals surface area (Å²) in [5.74, 6) is 0.911. The number of hydrogen-bond donors (Lipinski definition) is 1. The summed E-state index contributed by atoms with van der Waals surface area (Å²) in [6, 6.07) is 5.51. The molecule has 0 aromatic heterocycles. The van der Waals surface area contributed by atoms with E-state index in [1.807, 2.05) is 12.1 Å². The van der Waals surface area contributed by atoms with Crippen molar-refractivity contribution in [1.82, 2.24) is 4.90 Å². The Hall–Kier alpha value is -1.26. The fourth-order valence-corrected chi connectivity index (χ4v) is 1.86. The predicted octanol–water partition coefficient (Wildman–Crippen LogP) is 2.09. The Morgan fingerprint density at radius 2 is 2.16 bits per heavy atom. The molecule has 0 aliphatic rings. The minimum Gasteiger partial charge on any atom is -0.493 e. The third-order valence-corrected chi connectivity index (χ3v) is 2.96. The number of nitrogens with two attached hydrogens (primary N) is 1. The van der Waals surface area contributed by atoms with Crippen LogP contribution in [0.5, 0.6) is 5.75 Å². The van der Waals surface area contributed by atoms with E-state index in [-0.39, 0.29) is 5.91 Å². The lowest BCUT2D eigenvalue weighted by atomic mass is 10.1. The Morgan fingerprint density at radius 3 is 2.79 bits per heavy atom. The topological polar surface area (TPSA) is 55.6 Å². The molecule has 0 aliphatic carbocycles. The molecule has 4 nitrogen and oxygen atoms in total. The molecule has 106 valence electrons. The lowest BCUT2D eigenvalue weighted by molar-refractivity contribution is -0.128. The Labute approximate surface area is 119 Å². The summed E-state index contributed by atoms with van der Waals surface area (Å²) in [4.78, 5) is 13.0. The molecule has 0 saturated carbocycles. The van der Waals surface area contributed by atoms with E-state index in [0.717, 1.165) is 17.7 Å². The molecule has 0 aliphatic heterocycles. The fraction of sp³-hybridized carbons (Fsp3) is 0.500. The lowest BCUT2D eigenvalue weighted by Gasteiger charge is -2.13. The van der Waals surface area contributed by atoms with Gasteiger partial charge in [0.2, 0.25) is 5.91 Å². The molecule has 0 heterocycles. The van der Waals surface area contributed by atoms with E-state index < -0.39 is 0 Å². The van der Waals surface area contributed by atoms with E-state index in [1.165, 1.54) is 0 Å². The van der Waals surface area contributed by atoms with Crippen molar-refractivity contribution in [2.75, 3.05) is 27.2 Å². The van der Waals surface area contributed by atoms with Gasteiger partial charge in [0.25, 0.3) is 0 Å². The van der Waals surface area contributed by atoms with Gasteiger partial charge in [-0.3, -0.25) is 4.79 Å². The monoisotopic (exact) mass is 284 g/mol. The number of hydrogen-bond acceptors (Lipinski definition) is 3. The van der Waals surface area contributed by atoms with Crippen LogP contribution in [-0.4, -0.2) is 38.1 Å². The summed E-state index contributed by atoms with van der Waals surface area (Å²) in [5.41, 5.74) is 6.57. The molecular formula is C14H21ClN2O2. The van der Waals surface area contributed by atoms with Crippen LogP contribution in [0.3, 0.4) is 0 Å². The standard InChI is InChI=1S/C14H21ClN2O2/c1-17(2)14(18)4-3-9-19-13-6-5-12(15)10-11(13)7-8-16/h5-6,10H,3-4,7-9,16H2,1-2H3. The molecule has 0 saturated heterocycles. The first kappa shape index (κ1) is 15.8. The maximum Gasteiger partial charge on any atom is 0.222 e. The fourth-order valence-electron chi connectivity index (χ4n) is 1.67. The van der Waals surface area contributed by atoms with Crippen molar-refractivity contribution in [1.29, 1.82) is 0 Å². The Balaban J connectivity index is 2.46. The number of ether oxygens (including phenoxy) is 1. The summed E-state index contributed by atoms with van der Waals surface area (Å²) in [6.07, 6.45) is 1.92. The third kappa shape index (κ3) is 5.49. The number of nitrogens with zero attached hydrogens (tertiary/aromatic N) is 1. The van der Waals surface area contributed by atoms with Crippen LogP contribution in [0.4, 0.5) is 0 Å². The Morgan fingerprint density at radius 1 is 1.42 bits per heavy atom. The first-order valence-electron chi connectivity index (χ1n) is 6.36. The number of halogens is 1. The normalized spacial score (nSPS) is 10.3. The third-order valence-electron chi connectivity index (χ3n) is 2.73. The molecule has 1 rings (SSSR count). The molecule has 19 heavy (non-hydrogen) atoms. The highest BCUT2D eigenvalue weighted by molar-refractivity contribution is 6.30. The maximum absolute atomic E-state index is 11.4. The van der Waals surface area contributed by atoms with Crippen molar-refractivity contribution in [3.8, 4) is 5.75 Å². The molecule has 1 aromatic carbocycles. The van der Waals surface area contributed by atoms with Crippen LogP contribution >= 0.6 is 11.6 Å². The van der Waals surface area contributed by atoms with Crippen molar-refractivity contribution >= 4 is 17.5 Å². The van der Waals surface area contributed by atoms with Gasteiger partial charge in [-0.05, 0) is 43.1 Å². The minimum atomic E-state index is 0.113. The summed E-state index contributed by atoms with van der Waals surface area (Å²) in [5, 5.41) is 0.679. The van der Waals surface area contributed by atoms with Gasteiger partial charge in [0, 0.05) is 25.5 Å². The van der Waals surface area contributed by atoms with E-state index >= 15 is 0 Å². The van der Waals surface area contributed by atoms with Crippen LogP contribution < -0.4 is 10.5 Å². The highest BCUT2D eigenvalue weighted by atomic mass is 35.5. The molecule has 0 bridgehead atoms. The van der Waals surface area contributed by atoms with Gasteiger partial charge in [0.1, 0.15) is 5.75 Å². The summed E-state index contributed by atoms with van der Waals surface area (Å²) in [6.45, 7) is 1.06. The van der Waals surface area contributed by atoms with Crippen LogP contribution in [-0.2, 0) is 11.2 Å². The van der Waals surface area contributed by atoms with E-state index in [2.05, 4.69) is 0 Å². The van der Waals surface area contributed by atoms with E-state index in [1.54, 1.807) is 25.1 Å². The molecule has 1 amide bonds. The van der Waals surface area contributed by atoms with E-state index in [9.17, 15) is 4.79 Å². The Kier molecular flexibility index (Phi) is 6.67. The molecule has 0 radical (unpaired) electrons. The molecular weight excluding hydrogens is 264 g/mol. The van der Waals surface area contributed by atoms with Gasteiger partial charge in [-0.25, -0.2) is 0 Å². The van der Waals surface area contributed by atoms with Gasteiger partial charge in [0.15, 0.2) is 0 Å². The smallest absolute Gasteiger partial charge is 0.222 e. The summed E-state index contributed by atoms with van der Waals surface area (Å²) in [7, 11) is 3.50. The van der Waals surface area contributed by atoms with Crippen LogP contribution in [0.2, 0.25) is 5.02 Å². The average Bonchev–Trinajstić information content (AvgIpc) is 2.36. The average molecular weight is 285 g/mol.